The van der Waals surface area contributed by atoms with Crippen LogP contribution in [0.25, 0.3) is 4.96 Å². The van der Waals surface area contributed by atoms with E-state index in [-0.39, 0.29) is 18.0 Å². The topological polar surface area (TPSA) is 75.1 Å². The van der Waals surface area contributed by atoms with Crippen LogP contribution >= 0.6 is 22.9 Å². The second-order valence-electron chi connectivity index (χ2n) is 6.49. The highest BCUT2D eigenvalue weighted by molar-refractivity contribution is 7.17. The van der Waals surface area contributed by atoms with Gasteiger partial charge in [-0.2, -0.15) is 4.52 Å². The molecule has 2 aromatic heterocycles. The third-order valence-electron chi connectivity index (χ3n) is 4.79. The summed E-state index contributed by atoms with van der Waals surface area (Å²) in [6, 6.07) is 7.65. The number of aromatic nitrogens is 3. The van der Waals surface area contributed by atoms with Crippen molar-refractivity contribution in [3.8, 4) is 5.88 Å². The fourth-order valence-electron chi connectivity index (χ4n) is 3.55. The lowest BCUT2D eigenvalue weighted by Gasteiger charge is -2.33. The first-order valence-corrected chi connectivity index (χ1v) is 9.56. The highest BCUT2D eigenvalue weighted by Crippen LogP contribution is 2.37. The number of hydrogen-bond acceptors (Lipinski definition) is 5. The maximum absolute atomic E-state index is 10.8. The van der Waals surface area contributed by atoms with Crippen molar-refractivity contribution in [2.24, 2.45) is 0 Å². The number of aryl methyl sites for hydroxylation is 1. The largest absolute Gasteiger partial charge is 0.492 e. The molecule has 6 nitrogen and oxygen atoms in total. The third-order valence-corrected chi connectivity index (χ3v) is 6.22. The highest BCUT2D eigenvalue weighted by Gasteiger charge is 2.36. The number of halogens is 1. The average molecular weight is 380 g/mol. The number of aliphatic hydroxyl groups excluding tert-OH is 1. The number of quaternary nitrogens is 1. The Morgan fingerprint density at radius 3 is 2.72 bits per heavy atom. The molecule has 0 unspecified atom stereocenters. The van der Waals surface area contributed by atoms with Gasteiger partial charge < -0.3 is 15.1 Å². The minimum Gasteiger partial charge on any atom is -0.492 e. The van der Waals surface area contributed by atoms with Gasteiger partial charge in [0.2, 0.25) is 10.8 Å². The van der Waals surface area contributed by atoms with E-state index in [1.807, 2.05) is 31.2 Å². The van der Waals surface area contributed by atoms with Crippen molar-refractivity contribution >= 4 is 27.9 Å². The molecule has 0 radical (unpaired) electrons. The van der Waals surface area contributed by atoms with Gasteiger partial charge in [-0.05, 0) is 13.0 Å². The van der Waals surface area contributed by atoms with Crippen molar-refractivity contribution in [3.05, 3.63) is 45.6 Å². The first-order chi connectivity index (χ1) is 12.0. The maximum atomic E-state index is 10.8. The molecule has 0 saturated carbocycles. The molecule has 0 bridgehead atoms. The summed E-state index contributed by atoms with van der Waals surface area (Å²) in [7, 11) is 0. The van der Waals surface area contributed by atoms with Crippen LogP contribution in [0.15, 0.2) is 24.3 Å². The van der Waals surface area contributed by atoms with E-state index in [1.165, 1.54) is 20.8 Å². The van der Waals surface area contributed by atoms with Crippen LogP contribution in [0.5, 0.6) is 5.88 Å². The zero-order valence-corrected chi connectivity index (χ0v) is 15.4. The quantitative estimate of drug-likeness (QED) is 0.646. The fraction of sp³-hybridized carbons (Fsp3) is 0.412. The first-order valence-electron chi connectivity index (χ1n) is 8.36. The molecule has 1 fully saturated rings. The van der Waals surface area contributed by atoms with Gasteiger partial charge in [0, 0.05) is 18.4 Å². The SMILES string of the molecule is Cc1nc2sc([C@H](c3ccccc3Cl)[NH+]3CCC(O)CC3)c(O)n2n1. The summed E-state index contributed by atoms with van der Waals surface area (Å²) in [6.45, 7) is 3.45. The van der Waals surface area contributed by atoms with Crippen LogP contribution in [-0.4, -0.2) is 44.0 Å². The predicted molar refractivity (Wildman–Crippen MR) is 96.5 cm³/mol. The molecule has 4 rings (SSSR count). The van der Waals surface area contributed by atoms with Gasteiger partial charge in [0.05, 0.1) is 24.2 Å². The molecule has 0 aliphatic carbocycles. The molecular weight excluding hydrogens is 360 g/mol. The van der Waals surface area contributed by atoms with E-state index < -0.39 is 0 Å². The minimum absolute atomic E-state index is 0.102. The number of rotatable bonds is 3. The van der Waals surface area contributed by atoms with Gasteiger partial charge in [-0.3, -0.25) is 0 Å². The number of aliphatic hydroxyl groups is 1. The third kappa shape index (κ3) is 3.01. The molecule has 3 aromatic rings. The lowest BCUT2D eigenvalue weighted by molar-refractivity contribution is -0.931. The Kier molecular flexibility index (Phi) is 4.41. The Hall–Kier alpha value is -1.67. The number of thiazole rings is 1. The van der Waals surface area contributed by atoms with Gasteiger partial charge in [-0.15, -0.1) is 5.10 Å². The van der Waals surface area contributed by atoms with Crippen LogP contribution < -0.4 is 4.90 Å². The van der Waals surface area contributed by atoms with Crippen molar-refractivity contribution in [2.45, 2.75) is 31.9 Å². The number of likely N-dealkylation sites (tertiary alicyclic amines) is 1. The summed E-state index contributed by atoms with van der Waals surface area (Å²) in [6.07, 6.45) is 1.25. The summed E-state index contributed by atoms with van der Waals surface area (Å²) >= 11 is 7.94. The van der Waals surface area contributed by atoms with E-state index in [9.17, 15) is 10.2 Å². The van der Waals surface area contributed by atoms with Gasteiger partial charge in [-0.25, -0.2) is 4.98 Å². The van der Waals surface area contributed by atoms with E-state index in [1.54, 1.807) is 0 Å². The van der Waals surface area contributed by atoms with Crippen LogP contribution in [-0.2, 0) is 0 Å². The van der Waals surface area contributed by atoms with E-state index in [4.69, 9.17) is 11.6 Å². The van der Waals surface area contributed by atoms with E-state index in [0.717, 1.165) is 36.4 Å². The molecule has 0 amide bonds. The maximum Gasteiger partial charge on any atom is 0.235 e. The Morgan fingerprint density at radius 2 is 2.04 bits per heavy atom. The Labute approximate surface area is 154 Å². The van der Waals surface area contributed by atoms with E-state index in [2.05, 4.69) is 10.1 Å². The summed E-state index contributed by atoms with van der Waals surface area (Å²) in [5.74, 6) is 0.764. The number of benzene rings is 1. The molecular formula is C17H20ClN4O2S+. The average Bonchev–Trinajstić information content (AvgIpc) is 3.09. The van der Waals surface area contributed by atoms with Crippen molar-refractivity contribution in [1.29, 1.82) is 0 Å². The second kappa shape index (κ2) is 6.57. The van der Waals surface area contributed by atoms with Gasteiger partial charge in [0.1, 0.15) is 10.7 Å². The number of hydrogen-bond donors (Lipinski definition) is 3. The standard InChI is InChI=1S/C17H19ClN4O2S/c1-10-19-17-22(20-10)16(24)15(25-17)14(12-4-2-3-5-13(12)18)21-8-6-11(23)7-9-21/h2-5,11,14,23-24H,6-9H2,1H3/p+1/t14-/m0/s1. The van der Waals surface area contributed by atoms with Crippen LogP contribution in [0.3, 0.4) is 0 Å². The number of nitrogens with one attached hydrogen (secondary N) is 1. The van der Waals surface area contributed by atoms with Crippen molar-refractivity contribution in [1.82, 2.24) is 14.6 Å². The van der Waals surface area contributed by atoms with E-state index in [0.29, 0.717) is 15.8 Å². The zero-order chi connectivity index (χ0) is 17.6. The van der Waals surface area contributed by atoms with Crippen molar-refractivity contribution < 1.29 is 15.1 Å². The summed E-state index contributed by atoms with van der Waals surface area (Å²) < 4.78 is 1.50. The first kappa shape index (κ1) is 16.8. The Bertz CT molecular complexity index is 901. The number of aromatic hydroxyl groups is 1. The molecule has 132 valence electrons. The molecule has 3 heterocycles. The lowest BCUT2D eigenvalue weighted by atomic mass is 9.99. The minimum atomic E-state index is -0.241. The number of piperidine rings is 1. The molecule has 8 heteroatoms. The predicted octanol–water partition coefficient (Wildman–Crippen LogP) is 1.59. The zero-order valence-electron chi connectivity index (χ0n) is 13.8. The smallest absolute Gasteiger partial charge is 0.235 e. The van der Waals surface area contributed by atoms with Crippen molar-refractivity contribution in [3.63, 3.8) is 0 Å². The number of fused-ring (bicyclic) bond motifs is 1. The van der Waals surface area contributed by atoms with Gasteiger partial charge in [0.15, 0.2) is 6.04 Å². The highest BCUT2D eigenvalue weighted by atomic mass is 35.5. The molecule has 25 heavy (non-hydrogen) atoms. The van der Waals surface area contributed by atoms with Crippen LogP contribution in [0.4, 0.5) is 0 Å². The Balaban J connectivity index is 1.83. The van der Waals surface area contributed by atoms with Gasteiger partial charge in [-0.1, -0.05) is 41.1 Å². The molecule has 1 aliphatic heterocycles. The van der Waals surface area contributed by atoms with E-state index >= 15 is 0 Å². The molecule has 1 saturated heterocycles. The van der Waals surface area contributed by atoms with Gasteiger partial charge >= 0.3 is 0 Å². The Morgan fingerprint density at radius 1 is 1.32 bits per heavy atom. The van der Waals surface area contributed by atoms with Crippen molar-refractivity contribution in [2.75, 3.05) is 13.1 Å². The van der Waals surface area contributed by atoms with Crippen LogP contribution in [0, 0.1) is 6.92 Å². The molecule has 3 N–H and O–H groups in total. The van der Waals surface area contributed by atoms with Crippen LogP contribution in [0.1, 0.15) is 35.1 Å². The summed E-state index contributed by atoms with van der Waals surface area (Å²) in [5, 5.41) is 25.6. The summed E-state index contributed by atoms with van der Waals surface area (Å²) in [5.41, 5.74) is 0.979. The molecule has 1 aliphatic rings. The lowest BCUT2D eigenvalue weighted by Crippen LogP contribution is -3.13. The molecule has 1 aromatic carbocycles. The molecule has 1 atom stereocenters. The normalized spacial score (nSPS) is 22.4. The monoisotopic (exact) mass is 379 g/mol. The number of nitrogens with zero attached hydrogens (tertiary/aromatic N) is 3. The van der Waals surface area contributed by atoms with Crippen LogP contribution in [0.2, 0.25) is 5.02 Å². The fourth-order valence-corrected chi connectivity index (χ4v) is 4.98. The second-order valence-corrected chi connectivity index (χ2v) is 7.90. The summed E-state index contributed by atoms with van der Waals surface area (Å²) in [4.78, 5) is 7.16. The van der Waals surface area contributed by atoms with Gasteiger partial charge in [0.25, 0.3) is 0 Å². The molecule has 0 spiro atoms.